The van der Waals surface area contributed by atoms with Crippen LogP contribution in [0.1, 0.15) is 21.6 Å². The van der Waals surface area contributed by atoms with E-state index in [0.29, 0.717) is 5.02 Å². The van der Waals surface area contributed by atoms with Crippen molar-refractivity contribution in [3.05, 3.63) is 64.2 Å². The molecule has 2 aromatic rings. The van der Waals surface area contributed by atoms with Crippen molar-refractivity contribution in [3.8, 4) is 0 Å². The molecule has 0 radical (unpaired) electrons. The van der Waals surface area contributed by atoms with Gasteiger partial charge in [0.05, 0.1) is 6.20 Å². The third-order valence-electron chi connectivity index (χ3n) is 2.57. The van der Waals surface area contributed by atoms with Gasteiger partial charge in [-0.2, -0.15) is 0 Å². The first-order valence-electron chi connectivity index (χ1n) is 5.46. The van der Waals surface area contributed by atoms with E-state index < -0.39 is 5.82 Å². The highest BCUT2D eigenvalue weighted by atomic mass is 35.5. The Labute approximate surface area is 109 Å². The highest BCUT2D eigenvalue weighted by Crippen LogP contribution is 2.19. The summed E-state index contributed by atoms with van der Waals surface area (Å²) in [6.45, 7) is 1.93. The summed E-state index contributed by atoms with van der Waals surface area (Å²) in [6, 6.07) is 8.12. The molecular weight excluding hydrogens is 253 g/mol. The average molecular weight is 264 g/mol. The van der Waals surface area contributed by atoms with Crippen LogP contribution in [-0.4, -0.2) is 10.8 Å². The first kappa shape index (κ1) is 12.7. The summed E-state index contributed by atoms with van der Waals surface area (Å²) in [4.78, 5) is 15.7. The summed E-state index contributed by atoms with van der Waals surface area (Å²) < 4.78 is 12.7. The number of hydrogen-bond acceptors (Lipinski definition) is 2. The molecule has 0 aliphatic rings. The van der Waals surface area contributed by atoms with E-state index in [9.17, 15) is 9.18 Å². The van der Waals surface area contributed by atoms with Crippen LogP contribution in [0.2, 0.25) is 5.02 Å². The highest BCUT2D eigenvalue weighted by molar-refractivity contribution is 6.31. The van der Waals surface area contributed by atoms with E-state index in [1.807, 2.05) is 25.1 Å². The molecule has 0 saturated carbocycles. The van der Waals surface area contributed by atoms with Crippen molar-refractivity contribution in [1.29, 1.82) is 0 Å². The van der Waals surface area contributed by atoms with Crippen LogP contribution in [0.15, 0.2) is 36.5 Å². The molecular formula is C14H11ClFNO. The molecule has 0 amide bonds. The summed E-state index contributed by atoms with van der Waals surface area (Å²) in [5.74, 6) is -0.638. The number of rotatable bonds is 3. The van der Waals surface area contributed by atoms with Gasteiger partial charge >= 0.3 is 0 Å². The maximum atomic E-state index is 12.7. The highest BCUT2D eigenvalue weighted by Gasteiger charge is 2.11. The fourth-order valence-corrected chi connectivity index (χ4v) is 1.90. The van der Waals surface area contributed by atoms with Crippen molar-refractivity contribution in [2.75, 3.05) is 0 Å². The predicted molar refractivity (Wildman–Crippen MR) is 68.4 cm³/mol. The Morgan fingerprint density at radius 3 is 2.72 bits per heavy atom. The molecule has 0 aliphatic carbocycles. The fourth-order valence-electron chi connectivity index (χ4n) is 1.60. The van der Waals surface area contributed by atoms with E-state index in [1.165, 1.54) is 12.1 Å². The van der Waals surface area contributed by atoms with Crippen LogP contribution < -0.4 is 0 Å². The zero-order valence-electron chi connectivity index (χ0n) is 9.78. The number of carbonyl (C=O) groups excluding carboxylic acids is 1. The number of aryl methyl sites for hydroxylation is 1. The van der Waals surface area contributed by atoms with Crippen LogP contribution >= 0.6 is 11.6 Å². The Morgan fingerprint density at radius 1 is 1.33 bits per heavy atom. The molecule has 92 valence electrons. The van der Waals surface area contributed by atoms with Gasteiger partial charge in [-0.05, 0) is 36.2 Å². The van der Waals surface area contributed by atoms with E-state index in [-0.39, 0.29) is 17.9 Å². The van der Waals surface area contributed by atoms with E-state index in [2.05, 4.69) is 4.98 Å². The van der Waals surface area contributed by atoms with Gasteiger partial charge in [-0.25, -0.2) is 4.39 Å². The Balaban J connectivity index is 2.18. The second-order valence-electron chi connectivity index (χ2n) is 4.06. The summed E-state index contributed by atoms with van der Waals surface area (Å²) in [5.41, 5.74) is 2.03. The number of halogens is 2. The molecule has 0 spiro atoms. The molecule has 0 bridgehead atoms. The minimum Gasteiger partial charge on any atom is -0.292 e. The van der Waals surface area contributed by atoms with Crippen LogP contribution in [0.25, 0.3) is 0 Å². The Kier molecular flexibility index (Phi) is 3.72. The van der Waals surface area contributed by atoms with E-state index >= 15 is 0 Å². The third kappa shape index (κ3) is 2.93. The molecule has 2 nitrogen and oxygen atoms in total. The van der Waals surface area contributed by atoms with Crippen LogP contribution in [0.5, 0.6) is 0 Å². The molecule has 0 fully saturated rings. The van der Waals surface area contributed by atoms with Gasteiger partial charge in [0.15, 0.2) is 5.78 Å². The Hall–Kier alpha value is -1.74. The van der Waals surface area contributed by atoms with Gasteiger partial charge in [-0.15, -0.1) is 0 Å². The summed E-state index contributed by atoms with van der Waals surface area (Å²) in [6.07, 6.45) is 1.20. The summed E-state index contributed by atoms with van der Waals surface area (Å²) in [5, 5.41) is 0.561. The topological polar surface area (TPSA) is 30.0 Å². The van der Waals surface area contributed by atoms with E-state index in [1.54, 1.807) is 0 Å². The van der Waals surface area contributed by atoms with Crippen LogP contribution in [0.3, 0.4) is 0 Å². The quantitative estimate of drug-likeness (QED) is 0.792. The zero-order valence-corrected chi connectivity index (χ0v) is 10.5. The maximum absolute atomic E-state index is 12.7. The smallest absolute Gasteiger partial charge is 0.185 e. The molecule has 0 atom stereocenters. The summed E-state index contributed by atoms with van der Waals surface area (Å²) >= 11 is 6.05. The van der Waals surface area contributed by atoms with Crippen molar-refractivity contribution >= 4 is 17.4 Å². The standard InChI is InChI=1S/C14H11ClFNO/c1-9-2-3-10(12(15)6-9)7-14(18)13-5-4-11(16)8-17-13/h2-6,8H,7H2,1H3. The Morgan fingerprint density at radius 2 is 2.11 bits per heavy atom. The molecule has 18 heavy (non-hydrogen) atoms. The predicted octanol–water partition coefficient (Wildman–Crippen LogP) is 3.61. The number of pyridine rings is 1. The van der Waals surface area contributed by atoms with Gasteiger partial charge in [0, 0.05) is 11.4 Å². The van der Waals surface area contributed by atoms with Crippen LogP contribution in [0, 0.1) is 12.7 Å². The number of benzene rings is 1. The number of aromatic nitrogens is 1. The van der Waals surface area contributed by atoms with Crippen molar-refractivity contribution in [3.63, 3.8) is 0 Å². The van der Waals surface area contributed by atoms with Crippen LogP contribution in [-0.2, 0) is 6.42 Å². The average Bonchev–Trinajstić information content (AvgIpc) is 2.33. The lowest BCUT2D eigenvalue weighted by atomic mass is 10.1. The number of hydrogen-bond donors (Lipinski definition) is 0. The Bertz CT molecular complexity index is 581. The van der Waals surface area contributed by atoms with Gasteiger partial charge < -0.3 is 0 Å². The van der Waals surface area contributed by atoms with Crippen molar-refractivity contribution in [1.82, 2.24) is 4.98 Å². The van der Waals surface area contributed by atoms with Gasteiger partial charge in [0.25, 0.3) is 0 Å². The monoisotopic (exact) mass is 263 g/mol. The number of Topliss-reactive ketones (excluding diaryl/α,β-unsaturated/α-hetero) is 1. The molecule has 1 aromatic carbocycles. The zero-order chi connectivity index (χ0) is 13.1. The largest absolute Gasteiger partial charge is 0.292 e. The lowest BCUT2D eigenvalue weighted by molar-refractivity contribution is 0.0988. The first-order valence-corrected chi connectivity index (χ1v) is 5.84. The lowest BCUT2D eigenvalue weighted by Crippen LogP contribution is -2.06. The minimum absolute atomic E-state index is 0.164. The molecule has 4 heteroatoms. The maximum Gasteiger partial charge on any atom is 0.185 e. The van der Waals surface area contributed by atoms with Gasteiger partial charge in [0.1, 0.15) is 11.5 Å². The van der Waals surface area contributed by atoms with Crippen molar-refractivity contribution in [2.45, 2.75) is 13.3 Å². The third-order valence-corrected chi connectivity index (χ3v) is 2.92. The number of ketones is 1. The molecule has 1 heterocycles. The van der Waals surface area contributed by atoms with Crippen molar-refractivity contribution < 1.29 is 9.18 Å². The normalized spacial score (nSPS) is 10.4. The SMILES string of the molecule is Cc1ccc(CC(=O)c2ccc(F)cn2)c(Cl)c1. The van der Waals surface area contributed by atoms with Gasteiger partial charge in [0.2, 0.25) is 0 Å². The molecule has 1 aromatic heterocycles. The lowest BCUT2D eigenvalue weighted by Gasteiger charge is -2.04. The molecule has 0 saturated heterocycles. The number of nitrogens with zero attached hydrogens (tertiary/aromatic N) is 1. The number of carbonyl (C=O) groups is 1. The van der Waals surface area contributed by atoms with E-state index in [4.69, 9.17) is 11.6 Å². The molecule has 0 N–H and O–H groups in total. The van der Waals surface area contributed by atoms with Gasteiger partial charge in [-0.1, -0.05) is 23.7 Å². The minimum atomic E-state index is -0.458. The fraction of sp³-hybridized carbons (Fsp3) is 0.143. The second-order valence-corrected chi connectivity index (χ2v) is 4.46. The first-order chi connectivity index (χ1) is 8.56. The summed E-state index contributed by atoms with van der Waals surface area (Å²) in [7, 11) is 0. The van der Waals surface area contributed by atoms with E-state index in [0.717, 1.165) is 17.3 Å². The van der Waals surface area contributed by atoms with Crippen LogP contribution in [0.4, 0.5) is 4.39 Å². The molecule has 0 unspecified atom stereocenters. The second kappa shape index (κ2) is 5.27. The van der Waals surface area contributed by atoms with Gasteiger partial charge in [-0.3, -0.25) is 9.78 Å². The molecule has 0 aliphatic heterocycles. The molecule has 2 rings (SSSR count). The van der Waals surface area contributed by atoms with Crippen molar-refractivity contribution in [2.24, 2.45) is 0 Å².